The van der Waals surface area contributed by atoms with Crippen molar-refractivity contribution in [1.82, 2.24) is 9.21 Å². The molecule has 0 unspecified atom stereocenters. The maximum Gasteiger partial charge on any atom is 0.225 e. The summed E-state index contributed by atoms with van der Waals surface area (Å²) in [7, 11) is -3.35. The second-order valence-corrected chi connectivity index (χ2v) is 9.36. The van der Waals surface area contributed by atoms with Crippen LogP contribution < -0.4 is 0 Å². The molecule has 2 aliphatic rings. The number of hydrogen-bond donors (Lipinski definition) is 0. The first kappa shape index (κ1) is 19.3. The molecule has 1 aromatic rings. The summed E-state index contributed by atoms with van der Waals surface area (Å²) in [5, 5.41) is 0. The molecule has 7 heteroatoms. The number of ether oxygens (including phenoxy) is 1. The van der Waals surface area contributed by atoms with Gasteiger partial charge < -0.3 is 9.64 Å². The molecule has 2 atom stereocenters. The molecule has 2 heterocycles. The molecule has 2 fully saturated rings. The van der Waals surface area contributed by atoms with E-state index in [1.807, 2.05) is 49.1 Å². The lowest BCUT2D eigenvalue weighted by Crippen LogP contribution is -2.53. The van der Waals surface area contributed by atoms with E-state index in [1.165, 1.54) is 4.31 Å². The largest absolute Gasteiger partial charge is 0.376 e. The number of amides is 1. The molecule has 0 radical (unpaired) electrons. The van der Waals surface area contributed by atoms with Gasteiger partial charge in [0.25, 0.3) is 0 Å². The fraction of sp³-hybridized carbons (Fsp3) is 0.632. The first-order chi connectivity index (χ1) is 12.3. The third kappa shape index (κ3) is 4.64. The number of rotatable bonds is 4. The Morgan fingerprint density at radius 2 is 1.62 bits per heavy atom. The quantitative estimate of drug-likeness (QED) is 0.800. The Morgan fingerprint density at radius 1 is 1.04 bits per heavy atom. The van der Waals surface area contributed by atoms with E-state index in [-0.39, 0.29) is 29.8 Å². The van der Waals surface area contributed by atoms with E-state index in [1.54, 1.807) is 0 Å². The van der Waals surface area contributed by atoms with Crippen LogP contribution in [-0.2, 0) is 25.3 Å². The minimum absolute atomic E-state index is 0.0107. The third-order valence-electron chi connectivity index (χ3n) is 5.18. The fourth-order valence-corrected chi connectivity index (χ4v) is 5.44. The topological polar surface area (TPSA) is 66.9 Å². The fourth-order valence-electron chi connectivity index (χ4n) is 3.93. The summed E-state index contributed by atoms with van der Waals surface area (Å²) in [4.78, 5) is 14.6. The van der Waals surface area contributed by atoms with Crippen molar-refractivity contribution in [2.24, 2.45) is 5.92 Å². The number of sulfonamides is 1. The van der Waals surface area contributed by atoms with Gasteiger partial charge >= 0.3 is 0 Å². The maximum atomic E-state index is 12.8. The summed E-state index contributed by atoms with van der Waals surface area (Å²) in [5.41, 5.74) is 0.788. The van der Waals surface area contributed by atoms with E-state index in [2.05, 4.69) is 0 Å². The third-order valence-corrected chi connectivity index (χ3v) is 7.03. The van der Waals surface area contributed by atoms with Gasteiger partial charge in [0.05, 0.1) is 18.0 Å². The van der Waals surface area contributed by atoms with Crippen molar-refractivity contribution in [2.75, 3.05) is 26.2 Å². The number of carbonyl (C=O) groups is 1. The smallest absolute Gasteiger partial charge is 0.225 e. The van der Waals surface area contributed by atoms with E-state index in [9.17, 15) is 13.2 Å². The second-order valence-electron chi connectivity index (χ2n) is 7.39. The highest BCUT2D eigenvalue weighted by atomic mass is 32.2. The van der Waals surface area contributed by atoms with Gasteiger partial charge in [-0.15, -0.1) is 0 Å². The van der Waals surface area contributed by atoms with Crippen LogP contribution in [0, 0.1) is 5.92 Å². The minimum Gasteiger partial charge on any atom is -0.376 e. The van der Waals surface area contributed by atoms with Gasteiger partial charge in [0.2, 0.25) is 15.9 Å². The molecule has 0 spiro atoms. The number of piperazine rings is 1. The van der Waals surface area contributed by atoms with Gasteiger partial charge in [-0.1, -0.05) is 30.3 Å². The van der Waals surface area contributed by atoms with E-state index >= 15 is 0 Å². The number of benzene rings is 1. The Kier molecular flexibility index (Phi) is 5.99. The highest BCUT2D eigenvalue weighted by Crippen LogP contribution is 2.27. The van der Waals surface area contributed by atoms with Crippen LogP contribution in [0.15, 0.2) is 30.3 Å². The van der Waals surface area contributed by atoms with E-state index in [4.69, 9.17) is 4.74 Å². The SMILES string of the molecule is C[C@H]1CC(C(=O)N2CCN(S(=O)(=O)Cc3ccccc3)CC2)C[C@H](C)O1. The lowest BCUT2D eigenvalue weighted by atomic mass is 9.91. The van der Waals surface area contributed by atoms with Crippen LogP contribution in [0.2, 0.25) is 0 Å². The van der Waals surface area contributed by atoms with Gasteiger partial charge in [0.15, 0.2) is 0 Å². The van der Waals surface area contributed by atoms with Crippen LogP contribution in [0.25, 0.3) is 0 Å². The van der Waals surface area contributed by atoms with Crippen molar-refractivity contribution in [3.63, 3.8) is 0 Å². The van der Waals surface area contributed by atoms with Crippen molar-refractivity contribution in [3.8, 4) is 0 Å². The predicted molar refractivity (Wildman–Crippen MR) is 100.0 cm³/mol. The summed E-state index contributed by atoms with van der Waals surface area (Å²) in [5.74, 6) is 0.143. The van der Waals surface area contributed by atoms with Crippen LogP contribution in [0.1, 0.15) is 32.3 Å². The van der Waals surface area contributed by atoms with Crippen molar-refractivity contribution in [1.29, 1.82) is 0 Å². The van der Waals surface area contributed by atoms with Crippen molar-refractivity contribution in [3.05, 3.63) is 35.9 Å². The molecule has 2 aliphatic heterocycles. The van der Waals surface area contributed by atoms with Crippen LogP contribution in [-0.4, -0.2) is 61.9 Å². The van der Waals surface area contributed by atoms with Gasteiger partial charge in [-0.05, 0) is 32.3 Å². The Balaban J connectivity index is 1.56. The Bertz CT molecular complexity index is 704. The Morgan fingerprint density at radius 3 is 2.19 bits per heavy atom. The van der Waals surface area contributed by atoms with E-state index < -0.39 is 10.0 Å². The van der Waals surface area contributed by atoms with Gasteiger partial charge in [-0.25, -0.2) is 8.42 Å². The molecule has 3 rings (SSSR count). The highest BCUT2D eigenvalue weighted by molar-refractivity contribution is 7.88. The van der Waals surface area contributed by atoms with Crippen LogP contribution >= 0.6 is 0 Å². The molecule has 0 bridgehead atoms. The summed E-state index contributed by atoms with van der Waals surface area (Å²) < 4.78 is 32.5. The molecule has 0 aromatic heterocycles. The molecule has 6 nitrogen and oxygen atoms in total. The predicted octanol–water partition coefficient (Wildman–Crippen LogP) is 1.86. The molecule has 1 amide bonds. The Hall–Kier alpha value is -1.44. The number of hydrogen-bond acceptors (Lipinski definition) is 4. The first-order valence-corrected chi connectivity index (χ1v) is 10.9. The highest BCUT2D eigenvalue weighted by Gasteiger charge is 2.35. The average molecular weight is 381 g/mol. The van der Waals surface area contributed by atoms with Gasteiger partial charge in [-0.3, -0.25) is 4.79 Å². The van der Waals surface area contributed by atoms with Crippen LogP contribution in [0.3, 0.4) is 0 Å². The Labute approximate surface area is 156 Å². The summed E-state index contributed by atoms with van der Waals surface area (Å²) in [6.45, 7) is 5.68. The summed E-state index contributed by atoms with van der Waals surface area (Å²) >= 11 is 0. The first-order valence-electron chi connectivity index (χ1n) is 9.31. The zero-order valence-corrected chi connectivity index (χ0v) is 16.3. The van der Waals surface area contributed by atoms with Crippen LogP contribution in [0.4, 0.5) is 0 Å². The van der Waals surface area contributed by atoms with Gasteiger partial charge in [0, 0.05) is 32.1 Å². The molecule has 144 valence electrons. The standard InChI is InChI=1S/C19H28N2O4S/c1-15-12-18(13-16(2)25-15)19(22)20-8-10-21(11-9-20)26(23,24)14-17-6-4-3-5-7-17/h3-7,15-16,18H,8-14H2,1-2H3/t15-,16-/m0/s1. The van der Waals surface area contributed by atoms with Crippen LogP contribution in [0.5, 0.6) is 0 Å². The molecule has 2 saturated heterocycles. The monoisotopic (exact) mass is 380 g/mol. The zero-order valence-electron chi connectivity index (χ0n) is 15.5. The number of carbonyl (C=O) groups excluding carboxylic acids is 1. The summed E-state index contributed by atoms with van der Waals surface area (Å²) in [6, 6.07) is 9.21. The van der Waals surface area contributed by atoms with Gasteiger partial charge in [-0.2, -0.15) is 4.31 Å². The van der Waals surface area contributed by atoms with E-state index in [0.29, 0.717) is 26.2 Å². The molecule has 26 heavy (non-hydrogen) atoms. The molecule has 0 aliphatic carbocycles. The minimum atomic E-state index is -3.35. The lowest BCUT2D eigenvalue weighted by Gasteiger charge is -2.38. The molecule has 0 N–H and O–H groups in total. The van der Waals surface area contributed by atoms with Gasteiger partial charge in [0.1, 0.15) is 0 Å². The average Bonchev–Trinajstić information content (AvgIpc) is 2.61. The van der Waals surface area contributed by atoms with E-state index in [0.717, 1.165) is 18.4 Å². The summed E-state index contributed by atoms with van der Waals surface area (Å²) in [6.07, 6.45) is 1.69. The zero-order chi connectivity index (χ0) is 18.7. The second kappa shape index (κ2) is 8.06. The van der Waals surface area contributed by atoms with Crippen molar-refractivity contribution in [2.45, 2.75) is 44.6 Å². The van der Waals surface area contributed by atoms with Crippen molar-refractivity contribution < 1.29 is 17.9 Å². The van der Waals surface area contributed by atoms with Crippen molar-refractivity contribution >= 4 is 15.9 Å². The molecule has 0 saturated carbocycles. The number of nitrogens with zero attached hydrogens (tertiary/aromatic N) is 2. The molecule has 1 aromatic carbocycles. The maximum absolute atomic E-state index is 12.8. The molecular formula is C19H28N2O4S. The normalized spacial score (nSPS) is 28.1. The lowest BCUT2D eigenvalue weighted by molar-refractivity contribution is -0.144. The molecular weight excluding hydrogens is 352 g/mol.